The summed E-state index contributed by atoms with van der Waals surface area (Å²) in [5.74, 6) is 1.56. The summed E-state index contributed by atoms with van der Waals surface area (Å²) in [6, 6.07) is 8.07. The van der Waals surface area contributed by atoms with Gasteiger partial charge in [-0.2, -0.15) is 14.6 Å². The number of nitrogens with zero attached hydrogens (tertiary/aromatic N) is 6. The second-order valence-electron chi connectivity index (χ2n) is 4.77. The molecular formula is C14H16N6. The molecule has 0 aliphatic heterocycles. The van der Waals surface area contributed by atoms with Crippen LogP contribution in [0.3, 0.4) is 0 Å². The maximum absolute atomic E-state index is 4.41. The zero-order valence-electron chi connectivity index (χ0n) is 11.7. The SMILES string of the molecule is Cc1cc(N(C)C(C)c2ccccn2)n2ncnc2n1. The van der Waals surface area contributed by atoms with E-state index in [1.807, 2.05) is 44.4 Å². The first-order chi connectivity index (χ1) is 9.66. The number of hydrogen-bond donors (Lipinski definition) is 0. The molecule has 6 heteroatoms. The molecule has 102 valence electrons. The van der Waals surface area contributed by atoms with Crippen LogP contribution in [0.1, 0.15) is 24.4 Å². The molecular weight excluding hydrogens is 252 g/mol. The number of rotatable bonds is 3. The van der Waals surface area contributed by atoms with Crippen molar-refractivity contribution in [3.63, 3.8) is 0 Å². The molecule has 6 nitrogen and oxygen atoms in total. The Morgan fingerprint density at radius 3 is 2.85 bits per heavy atom. The van der Waals surface area contributed by atoms with Gasteiger partial charge in [-0.15, -0.1) is 0 Å². The molecule has 0 aliphatic carbocycles. The minimum Gasteiger partial charge on any atom is -0.351 e. The fourth-order valence-corrected chi connectivity index (χ4v) is 2.18. The van der Waals surface area contributed by atoms with Crippen molar-refractivity contribution in [2.45, 2.75) is 19.9 Å². The smallest absolute Gasteiger partial charge is 0.254 e. The lowest BCUT2D eigenvalue weighted by Crippen LogP contribution is -2.25. The van der Waals surface area contributed by atoms with E-state index in [2.05, 4.69) is 31.9 Å². The molecule has 0 aromatic carbocycles. The van der Waals surface area contributed by atoms with Gasteiger partial charge in [0.1, 0.15) is 12.1 Å². The molecule has 0 saturated carbocycles. The summed E-state index contributed by atoms with van der Waals surface area (Å²) >= 11 is 0. The maximum atomic E-state index is 4.41. The van der Waals surface area contributed by atoms with Crippen LogP contribution in [0.5, 0.6) is 0 Å². The van der Waals surface area contributed by atoms with Crippen molar-refractivity contribution < 1.29 is 0 Å². The minimum absolute atomic E-state index is 0.130. The van der Waals surface area contributed by atoms with E-state index in [0.717, 1.165) is 17.2 Å². The molecule has 1 unspecified atom stereocenters. The van der Waals surface area contributed by atoms with Crippen molar-refractivity contribution in [3.05, 3.63) is 48.2 Å². The predicted molar refractivity (Wildman–Crippen MR) is 76.6 cm³/mol. The normalized spacial score (nSPS) is 12.6. The summed E-state index contributed by atoms with van der Waals surface area (Å²) in [6.45, 7) is 4.07. The third kappa shape index (κ3) is 2.09. The van der Waals surface area contributed by atoms with Crippen molar-refractivity contribution in [1.82, 2.24) is 24.6 Å². The minimum atomic E-state index is 0.130. The van der Waals surface area contributed by atoms with Gasteiger partial charge in [0.25, 0.3) is 5.78 Å². The van der Waals surface area contributed by atoms with Gasteiger partial charge in [-0.05, 0) is 26.0 Å². The topological polar surface area (TPSA) is 59.2 Å². The molecule has 1 atom stereocenters. The lowest BCUT2D eigenvalue weighted by atomic mass is 10.2. The van der Waals surface area contributed by atoms with Crippen molar-refractivity contribution in [3.8, 4) is 0 Å². The van der Waals surface area contributed by atoms with Gasteiger partial charge in [0.05, 0.1) is 11.7 Å². The summed E-state index contributed by atoms with van der Waals surface area (Å²) < 4.78 is 1.74. The first-order valence-electron chi connectivity index (χ1n) is 6.48. The highest BCUT2D eigenvalue weighted by molar-refractivity contribution is 5.47. The van der Waals surface area contributed by atoms with Gasteiger partial charge in [-0.25, -0.2) is 4.98 Å². The summed E-state index contributed by atoms with van der Waals surface area (Å²) in [7, 11) is 2.02. The predicted octanol–water partition coefficient (Wildman–Crippen LogP) is 2.03. The molecule has 0 spiro atoms. The van der Waals surface area contributed by atoms with E-state index in [-0.39, 0.29) is 6.04 Å². The van der Waals surface area contributed by atoms with Crippen molar-refractivity contribution in [2.24, 2.45) is 0 Å². The van der Waals surface area contributed by atoms with Crippen LogP contribution in [0.2, 0.25) is 0 Å². The third-order valence-corrected chi connectivity index (χ3v) is 3.42. The monoisotopic (exact) mass is 268 g/mol. The molecule has 20 heavy (non-hydrogen) atoms. The number of aryl methyl sites for hydroxylation is 1. The summed E-state index contributed by atoms with van der Waals surface area (Å²) in [6.07, 6.45) is 3.33. The summed E-state index contributed by atoms with van der Waals surface area (Å²) in [5, 5.41) is 4.24. The summed E-state index contributed by atoms with van der Waals surface area (Å²) in [4.78, 5) is 15.0. The van der Waals surface area contributed by atoms with Crippen LogP contribution in [0.15, 0.2) is 36.8 Å². The highest BCUT2D eigenvalue weighted by atomic mass is 15.4. The quantitative estimate of drug-likeness (QED) is 0.727. The highest BCUT2D eigenvalue weighted by Gasteiger charge is 2.17. The molecule has 0 aliphatic rings. The van der Waals surface area contributed by atoms with E-state index in [1.54, 1.807) is 4.52 Å². The highest BCUT2D eigenvalue weighted by Crippen LogP contribution is 2.24. The van der Waals surface area contributed by atoms with Gasteiger partial charge in [-0.1, -0.05) is 6.07 Å². The second-order valence-corrected chi connectivity index (χ2v) is 4.77. The van der Waals surface area contributed by atoms with E-state index in [1.165, 1.54) is 6.33 Å². The average molecular weight is 268 g/mol. The van der Waals surface area contributed by atoms with Crippen LogP contribution in [-0.4, -0.2) is 31.6 Å². The van der Waals surface area contributed by atoms with Gasteiger partial charge in [0.15, 0.2) is 0 Å². The van der Waals surface area contributed by atoms with Crippen molar-refractivity contribution in [2.75, 3.05) is 11.9 Å². The van der Waals surface area contributed by atoms with Gasteiger partial charge in [0.2, 0.25) is 0 Å². The Hall–Kier alpha value is -2.50. The van der Waals surface area contributed by atoms with Crippen LogP contribution >= 0.6 is 0 Å². The van der Waals surface area contributed by atoms with E-state index >= 15 is 0 Å². The fourth-order valence-electron chi connectivity index (χ4n) is 2.18. The van der Waals surface area contributed by atoms with Gasteiger partial charge in [0, 0.05) is 25.0 Å². The van der Waals surface area contributed by atoms with Crippen LogP contribution in [0.25, 0.3) is 5.78 Å². The summed E-state index contributed by atoms with van der Waals surface area (Å²) in [5.41, 5.74) is 1.93. The Labute approximate surface area is 117 Å². The van der Waals surface area contributed by atoms with E-state index in [4.69, 9.17) is 0 Å². The van der Waals surface area contributed by atoms with Gasteiger partial charge < -0.3 is 4.90 Å². The number of hydrogen-bond acceptors (Lipinski definition) is 5. The molecule has 0 N–H and O–H groups in total. The third-order valence-electron chi connectivity index (χ3n) is 3.42. The van der Waals surface area contributed by atoms with E-state index < -0.39 is 0 Å². The Morgan fingerprint density at radius 1 is 1.25 bits per heavy atom. The Bertz CT molecular complexity index is 721. The molecule has 0 amide bonds. The zero-order valence-corrected chi connectivity index (χ0v) is 11.7. The largest absolute Gasteiger partial charge is 0.351 e. The van der Waals surface area contributed by atoms with Crippen molar-refractivity contribution >= 4 is 11.6 Å². The lowest BCUT2D eigenvalue weighted by molar-refractivity contribution is 0.688. The molecule has 3 heterocycles. The number of aromatic nitrogens is 5. The molecule has 0 radical (unpaired) electrons. The van der Waals surface area contributed by atoms with Gasteiger partial charge >= 0.3 is 0 Å². The van der Waals surface area contributed by atoms with Crippen LogP contribution < -0.4 is 4.90 Å². The first-order valence-corrected chi connectivity index (χ1v) is 6.48. The fraction of sp³-hybridized carbons (Fsp3) is 0.286. The first kappa shape index (κ1) is 12.5. The maximum Gasteiger partial charge on any atom is 0.254 e. The molecule has 3 aromatic heterocycles. The number of anilines is 1. The Kier molecular flexibility index (Phi) is 3.06. The molecule has 0 bridgehead atoms. The van der Waals surface area contributed by atoms with E-state index in [0.29, 0.717) is 5.78 Å². The molecule has 0 saturated heterocycles. The zero-order chi connectivity index (χ0) is 14.1. The molecule has 3 rings (SSSR count). The van der Waals surface area contributed by atoms with E-state index in [9.17, 15) is 0 Å². The van der Waals surface area contributed by atoms with Crippen LogP contribution in [-0.2, 0) is 0 Å². The average Bonchev–Trinajstić information content (AvgIpc) is 2.94. The van der Waals surface area contributed by atoms with Crippen LogP contribution in [0, 0.1) is 6.92 Å². The Balaban J connectivity index is 2.04. The van der Waals surface area contributed by atoms with Crippen molar-refractivity contribution in [1.29, 1.82) is 0 Å². The second kappa shape index (κ2) is 4.88. The van der Waals surface area contributed by atoms with Crippen LogP contribution in [0.4, 0.5) is 5.82 Å². The molecule has 0 fully saturated rings. The lowest BCUT2D eigenvalue weighted by Gasteiger charge is -2.26. The number of fused-ring (bicyclic) bond motifs is 1. The molecule has 3 aromatic rings. The number of pyridine rings is 1. The Morgan fingerprint density at radius 2 is 2.10 bits per heavy atom. The standard InChI is InChI=1S/C14H16N6/c1-10-8-13(20-14(18-10)16-9-17-20)19(3)11(2)12-6-4-5-7-15-12/h4-9,11H,1-3H3. The van der Waals surface area contributed by atoms with Gasteiger partial charge in [-0.3, -0.25) is 4.98 Å².